The van der Waals surface area contributed by atoms with Gasteiger partial charge in [-0.25, -0.2) is 0 Å². The summed E-state index contributed by atoms with van der Waals surface area (Å²) in [6, 6.07) is 6.12. The Labute approximate surface area is 102 Å². The minimum Gasteiger partial charge on any atom is -0.506 e. The standard InChI is InChI=1S/C13H20N2O2/c1-17-7-6-15(11-3-4-11)9-10-2-5-13(16)12(14)8-10/h2,5,8,11,16H,3-4,6-7,9,14H2,1H3. The lowest BCUT2D eigenvalue weighted by Crippen LogP contribution is -2.29. The van der Waals surface area contributed by atoms with Crippen LogP contribution in [0.2, 0.25) is 0 Å². The average Bonchev–Trinajstić information content (AvgIpc) is 3.13. The molecule has 1 aliphatic carbocycles. The first kappa shape index (κ1) is 12.2. The first-order chi connectivity index (χ1) is 8.20. The number of methoxy groups -OCH3 is 1. The zero-order valence-electron chi connectivity index (χ0n) is 10.2. The highest BCUT2D eigenvalue weighted by Crippen LogP contribution is 2.29. The van der Waals surface area contributed by atoms with Crippen LogP contribution in [0.15, 0.2) is 18.2 Å². The van der Waals surface area contributed by atoms with Gasteiger partial charge in [0.15, 0.2) is 0 Å². The predicted octanol–water partition coefficient (Wildman–Crippen LogP) is 1.59. The molecule has 0 aromatic heterocycles. The zero-order valence-corrected chi connectivity index (χ0v) is 10.2. The smallest absolute Gasteiger partial charge is 0.138 e. The van der Waals surface area contributed by atoms with Crippen LogP contribution in [0.25, 0.3) is 0 Å². The van der Waals surface area contributed by atoms with Crippen LogP contribution in [0.1, 0.15) is 18.4 Å². The lowest BCUT2D eigenvalue weighted by molar-refractivity contribution is 0.139. The molecule has 0 amide bonds. The first-order valence-electron chi connectivity index (χ1n) is 6.01. The van der Waals surface area contributed by atoms with Crippen molar-refractivity contribution in [3.8, 4) is 5.75 Å². The van der Waals surface area contributed by atoms with Gasteiger partial charge in [0.25, 0.3) is 0 Å². The van der Waals surface area contributed by atoms with Crippen molar-refractivity contribution in [1.29, 1.82) is 0 Å². The van der Waals surface area contributed by atoms with Crippen molar-refractivity contribution in [2.24, 2.45) is 0 Å². The molecule has 0 saturated heterocycles. The number of phenols is 1. The quantitative estimate of drug-likeness (QED) is 0.581. The highest BCUT2D eigenvalue weighted by Gasteiger charge is 2.28. The fourth-order valence-electron chi connectivity index (χ4n) is 1.98. The molecule has 0 spiro atoms. The van der Waals surface area contributed by atoms with Crippen molar-refractivity contribution in [3.63, 3.8) is 0 Å². The molecule has 17 heavy (non-hydrogen) atoms. The highest BCUT2D eigenvalue weighted by atomic mass is 16.5. The van der Waals surface area contributed by atoms with E-state index in [1.54, 1.807) is 13.2 Å². The summed E-state index contributed by atoms with van der Waals surface area (Å²) in [5.74, 6) is 0.156. The number of aromatic hydroxyl groups is 1. The summed E-state index contributed by atoms with van der Waals surface area (Å²) in [5.41, 5.74) is 7.29. The number of nitrogens with zero attached hydrogens (tertiary/aromatic N) is 1. The van der Waals surface area contributed by atoms with Gasteiger partial charge in [-0.1, -0.05) is 6.07 Å². The molecule has 4 heteroatoms. The van der Waals surface area contributed by atoms with Crippen LogP contribution in [-0.2, 0) is 11.3 Å². The number of hydrogen-bond donors (Lipinski definition) is 2. The molecule has 0 radical (unpaired) electrons. The van der Waals surface area contributed by atoms with E-state index in [4.69, 9.17) is 10.5 Å². The molecule has 3 N–H and O–H groups in total. The van der Waals surface area contributed by atoms with E-state index in [0.29, 0.717) is 11.7 Å². The summed E-state index contributed by atoms with van der Waals surface area (Å²) in [6.07, 6.45) is 2.55. The van der Waals surface area contributed by atoms with Crippen molar-refractivity contribution in [2.45, 2.75) is 25.4 Å². The molecule has 94 valence electrons. The number of anilines is 1. The Morgan fingerprint density at radius 1 is 1.47 bits per heavy atom. The fourth-order valence-corrected chi connectivity index (χ4v) is 1.98. The Hall–Kier alpha value is -1.26. The molecule has 1 aromatic rings. The van der Waals surface area contributed by atoms with Crippen LogP contribution in [0.4, 0.5) is 5.69 Å². The lowest BCUT2D eigenvalue weighted by Gasteiger charge is -2.21. The van der Waals surface area contributed by atoms with Gasteiger partial charge in [-0.05, 0) is 30.5 Å². The molecule has 1 aliphatic rings. The second kappa shape index (κ2) is 5.38. The number of phenolic OH excluding ortho intramolecular Hbond substituents is 1. The maximum absolute atomic E-state index is 9.38. The van der Waals surface area contributed by atoms with Crippen molar-refractivity contribution in [2.75, 3.05) is 26.0 Å². The summed E-state index contributed by atoms with van der Waals surface area (Å²) in [7, 11) is 1.73. The largest absolute Gasteiger partial charge is 0.506 e. The molecule has 0 atom stereocenters. The van der Waals surface area contributed by atoms with Crippen LogP contribution < -0.4 is 5.73 Å². The van der Waals surface area contributed by atoms with E-state index < -0.39 is 0 Å². The fraction of sp³-hybridized carbons (Fsp3) is 0.538. The predicted molar refractivity (Wildman–Crippen MR) is 67.8 cm³/mol. The topological polar surface area (TPSA) is 58.7 Å². The molecule has 4 nitrogen and oxygen atoms in total. The average molecular weight is 236 g/mol. The van der Waals surface area contributed by atoms with E-state index in [2.05, 4.69) is 4.90 Å². The number of nitrogen functional groups attached to an aromatic ring is 1. The Kier molecular flexibility index (Phi) is 3.86. The molecule has 0 aliphatic heterocycles. The van der Waals surface area contributed by atoms with Crippen LogP contribution in [0, 0.1) is 0 Å². The van der Waals surface area contributed by atoms with E-state index in [-0.39, 0.29) is 5.75 Å². The third kappa shape index (κ3) is 3.35. The van der Waals surface area contributed by atoms with Gasteiger partial charge in [0, 0.05) is 26.2 Å². The van der Waals surface area contributed by atoms with Crippen LogP contribution in [0.5, 0.6) is 5.75 Å². The van der Waals surface area contributed by atoms with Gasteiger partial charge in [-0.3, -0.25) is 4.90 Å². The van der Waals surface area contributed by atoms with Gasteiger partial charge < -0.3 is 15.6 Å². The maximum Gasteiger partial charge on any atom is 0.138 e. The summed E-state index contributed by atoms with van der Waals surface area (Å²) < 4.78 is 5.12. The van der Waals surface area contributed by atoms with Gasteiger partial charge in [-0.2, -0.15) is 0 Å². The van der Waals surface area contributed by atoms with Crippen LogP contribution >= 0.6 is 0 Å². The van der Waals surface area contributed by atoms with Gasteiger partial charge in [0.1, 0.15) is 5.75 Å². The molecular weight excluding hydrogens is 216 g/mol. The van der Waals surface area contributed by atoms with Gasteiger partial charge in [0.05, 0.1) is 12.3 Å². The molecule has 2 rings (SSSR count). The summed E-state index contributed by atoms with van der Waals surface area (Å²) >= 11 is 0. The summed E-state index contributed by atoms with van der Waals surface area (Å²) in [4.78, 5) is 2.41. The number of hydrogen-bond acceptors (Lipinski definition) is 4. The third-order valence-electron chi connectivity index (χ3n) is 3.12. The molecule has 1 aromatic carbocycles. The van der Waals surface area contributed by atoms with Crippen molar-refractivity contribution in [3.05, 3.63) is 23.8 Å². The Morgan fingerprint density at radius 2 is 2.24 bits per heavy atom. The van der Waals surface area contributed by atoms with Gasteiger partial charge in [0.2, 0.25) is 0 Å². The zero-order chi connectivity index (χ0) is 12.3. The van der Waals surface area contributed by atoms with Crippen LogP contribution in [0.3, 0.4) is 0 Å². The van der Waals surface area contributed by atoms with Gasteiger partial charge in [-0.15, -0.1) is 0 Å². The van der Waals surface area contributed by atoms with Crippen molar-refractivity contribution < 1.29 is 9.84 Å². The SMILES string of the molecule is COCCN(Cc1ccc(O)c(N)c1)C1CC1. The summed E-state index contributed by atoms with van der Waals surface area (Å²) in [5, 5.41) is 9.38. The van der Waals surface area contributed by atoms with Crippen molar-refractivity contribution >= 4 is 5.69 Å². The Morgan fingerprint density at radius 3 is 2.82 bits per heavy atom. The molecule has 0 heterocycles. The first-order valence-corrected chi connectivity index (χ1v) is 6.01. The second-order valence-corrected chi connectivity index (χ2v) is 4.59. The number of ether oxygens (including phenoxy) is 1. The monoisotopic (exact) mass is 236 g/mol. The molecule has 0 unspecified atom stereocenters. The van der Waals surface area contributed by atoms with E-state index in [9.17, 15) is 5.11 Å². The highest BCUT2D eigenvalue weighted by molar-refractivity contribution is 5.53. The number of nitrogens with two attached hydrogens (primary N) is 1. The minimum atomic E-state index is 0.156. The van der Waals surface area contributed by atoms with E-state index in [1.165, 1.54) is 12.8 Å². The second-order valence-electron chi connectivity index (χ2n) is 4.59. The Bertz CT molecular complexity index is 378. The summed E-state index contributed by atoms with van der Waals surface area (Å²) in [6.45, 7) is 2.57. The van der Waals surface area contributed by atoms with E-state index in [0.717, 1.165) is 25.3 Å². The van der Waals surface area contributed by atoms with E-state index in [1.807, 2.05) is 12.1 Å². The minimum absolute atomic E-state index is 0.156. The van der Waals surface area contributed by atoms with Crippen LogP contribution in [-0.4, -0.2) is 36.3 Å². The molecule has 1 saturated carbocycles. The van der Waals surface area contributed by atoms with Crippen molar-refractivity contribution in [1.82, 2.24) is 4.90 Å². The third-order valence-corrected chi connectivity index (χ3v) is 3.12. The number of rotatable bonds is 6. The molecule has 0 bridgehead atoms. The maximum atomic E-state index is 9.38. The Balaban J connectivity index is 1.98. The van der Waals surface area contributed by atoms with Gasteiger partial charge >= 0.3 is 0 Å². The molecule has 1 fully saturated rings. The lowest BCUT2D eigenvalue weighted by atomic mass is 10.1. The number of benzene rings is 1. The molecular formula is C13H20N2O2. The normalized spacial score (nSPS) is 15.4. The van der Waals surface area contributed by atoms with E-state index >= 15 is 0 Å².